The minimum atomic E-state index is -0.141. The lowest BCUT2D eigenvalue weighted by molar-refractivity contribution is -0.116. The fourth-order valence-electron chi connectivity index (χ4n) is 2.95. The van der Waals surface area contributed by atoms with Crippen LogP contribution in [0.1, 0.15) is 70.8 Å². The van der Waals surface area contributed by atoms with Crippen molar-refractivity contribution in [3.05, 3.63) is 59.6 Å². The summed E-state index contributed by atoms with van der Waals surface area (Å²) in [6.07, 6.45) is 13.6. The highest BCUT2D eigenvalue weighted by atomic mass is 31.0. The molecule has 29 heavy (non-hydrogen) atoms. The van der Waals surface area contributed by atoms with Gasteiger partial charge in [0, 0.05) is 24.4 Å². The van der Waals surface area contributed by atoms with E-state index in [9.17, 15) is 9.59 Å². The first-order valence-electron chi connectivity index (χ1n) is 10.4. The van der Waals surface area contributed by atoms with Crippen molar-refractivity contribution in [1.29, 1.82) is 0 Å². The zero-order valence-electron chi connectivity index (χ0n) is 17.7. The Kier molecular flexibility index (Phi) is 12.6. The number of carbonyl (C=O) groups excluding carboxylic acids is 2. The van der Waals surface area contributed by atoms with Gasteiger partial charge in [0.15, 0.2) is 5.78 Å². The summed E-state index contributed by atoms with van der Waals surface area (Å²) in [5, 5.41) is 4.69. The van der Waals surface area contributed by atoms with Crippen LogP contribution >= 0.6 is 9.24 Å². The molecule has 1 aromatic carbocycles. The Hall–Kier alpha value is -2.19. The molecule has 0 bridgehead atoms. The first-order chi connectivity index (χ1) is 14.0. The van der Waals surface area contributed by atoms with Crippen molar-refractivity contribution >= 4 is 32.2 Å². The van der Waals surface area contributed by atoms with Crippen molar-refractivity contribution in [1.82, 2.24) is 5.32 Å². The summed E-state index contributed by atoms with van der Waals surface area (Å²) in [6.45, 7) is 4.30. The predicted octanol–water partition coefficient (Wildman–Crippen LogP) is 4.77. The molecule has 5 heteroatoms. The van der Waals surface area contributed by atoms with Gasteiger partial charge in [-0.2, -0.15) is 0 Å². The quantitative estimate of drug-likeness (QED) is 0.199. The molecule has 0 aliphatic rings. The van der Waals surface area contributed by atoms with E-state index >= 15 is 0 Å². The summed E-state index contributed by atoms with van der Waals surface area (Å²) in [6, 6.07) is 8.32. The molecule has 0 aromatic heterocycles. The summed E-state index contributed by atoms with van der Waals surface area (Å²) < 4.78 is 0. The summed E-state index contributed by atoms with van der Waals surface area (Å²) in [4.78, 5) is 22.0. The molecule has 0 fully saturated rings. The number of allylic oxidation sites excluding steroid dienone is 5. The maximum absolute atomic E-state index is 11.7. The number of rotatable bonds is 14. The zero-order valence-corrected chi connectivity index (χ0v) is 18.9. The Bertz CT molecular complexity index is 751. The number of hydrogen-bond acceptors (Lipinski definition) is 4. The summed E-state index contributed by atoms with van der Waals surface area (Å²) >= 11 is 0. The second-order valence-electron chi connectivity index (χ2n) is 7.17. The standard InChI is InChI=1S/C24H35N2O2P/c1-3-4-11-20(26-18-19(2)21-13-9-10-15-24(21)29)12-7-5-6-8-14-23(28)22(25)16-17-27/h9-11,13,15-18,26H,3-8,12,14,25,29H2,1-2H3/b19-18+,20-11+,22-16-. The molecule has 0 heterocycles. The Labute approximate surface area is 177 Å². The van der Waals surface area contributed by atoms with Gasteiger partial charge in [-0.3, -0.25) is 9.59 Å². The lowest BCUT2D eigenvalue weighted by Gasteiger charge is -2.11. The fourth-order valence-corrected chi connectivity index (χ4v) is 3.39. The van der Waals surface area contributed by atoms with Crippen LogP contribution in [0, 0.1) is 0 Å². The highest BCUT2D eigenvalue weighted by Crippen LogP contribution is 2.15. The highest BCUT2D eigenvalue weighted by molar-refractivity contribution is 7.27. The summed E-state index contributed by atoms with van der Waals surface area (Å²) in [5.41, 5.74) is 9.27. The van der Waals surface area contributed by atoms with Gasteiger partial charge in [0.25, 0.3) is 0 Å². The van der Waals surface area contributed by atoms with Gasteiger partial charge < -0.3 is 11.1 Å². The second kappa shape index (κ2) is 14.8. The topological polar surface area (TPSA) is 72.2 Å². The Morgan fingerprint density at radius 1 is 1.14 bits per heavy atom. The summed E-state index contributed by atoms with van der Waals surface area (Å²) in [7, 11) is 2.79. The lowest BCUT2D eigenvalue weighted by atomic mass is 10.1. The zero-order chi connectivity index (χ0) is 21.5. The van der Waals surface area contributed by atoms with Gasteiger partial charge in [-0.25, -0.2) is 0 Å². The number of ketones is 1. The van der Waals surface area contributed by atoms with Crippen molar-refractivity contribution in [2.75, 3.05) is 0 Å². The maximum atomic E-state index is 11.7. The SMILES string of the molecule is CCC/C=C(\CCCCCCC(=O)/C(N)=C/C=O)N/C=C(\C)c1ccccc1P. The van der Waals surface area contributed by atoms with Crippen LogP contribution in [0.5, 0.6) is 0 Å². The molecule has 0 aliphatic heterocycles. The maximum Gasteiger partial charge on any atom is 0.178 e. The molecule has 3 N–H and O–H groups in total. The molecule has 0 aliphatic carbocycles. The van der Waals surface area contributed by atoms with Gasteiger partial charge >= 0.3 is 0 Å². The van der Waals surface area contributed by atoms with Crippen LogP contribution in [-0.4, -0.2) is 12.1 Å². The van der Waals surface area contributed by atoms with Gasteiger partial charge in [-0.1, -0.05) is 56.5 Å². The smallest absolute Gasteiger partial charge is 0.178 e. The Morgan fingerprint density at radius 3 is 2.48 bits per heavy atom. The van der Waals surface area contributed by atoms with Crippen molar-refractivity contribution in [3.8, 4) is 0 Å². The van der Waals surface area contributed by atoms with Crippen LogP contribution in [0.4, 0.5) is 0 Å². The predicted molar refractivity (Wildman–Crippen MR) is 127 cm³/mol. The number of benzene rings is 1. The third-order valence-electron chi connectivity index (χ3n) is 4.71. The Balaban J connectivity index is 2.45. The number of aldehydes is 1. The van der Waals surface area contributed by atoms with E-state index in [4.69, 9.17) is 5.73 Å². The van der Waals surface area contributed by atoms with Crippen molar-refractivity contribution in [2.45, 2.75) is 65.2 Å². The molecule has 0 saturated carbocycles. The van der Waals surface area contributed by atoms with Crippen LogP contribution in [0.15, 0.2) is 54.0 Å². The number of nitrogens with two attached hydrogens (primary N) is 1. The molecule has 0 radical (unpaired) electrons. The molecule has 1 atom stereocenters. The molecule has 1 rings (SSSR count). The number of carbonyl (C=O) groups is 2. The van der Waals surface area contributed by atoms with Crippen LogP contribution in [0.3, 0.4) is 0 Å². The molecule has 4 nitrogen and oxygen atoms in total. The van der Waals surface area contributed by atoms with Crippen molar-refractivity contribution in [2.24, 2.45) is 5.73 Å². The normalized spacial score (nSPS) is 12.7. The van der Waals surface area contributed by atoms with Crippen molar-refractivity contribution in [3.63, 3.8) is 0 Å². The van der Waals surface area contributed by atoms with Crippen LogP contribution in [-0.2, 0) is 9.59 Å². The van der Waals surface area contributed by atoms with Gasteiger partial charge in [0.1, 0.15) is 6.29 Å². The van der Waals surface area contributed by atoms with E-state index in [0.29, 0.717) is 12.7 Å². The monoisotopic (exact) mass is 414 g/mol. The Morgan fingerprint density at radius 2 is 1.83 bits per heavy atom. The van der Waals surface area contributed by atoms with E-state index in [1.165, 1.54) is 22.1 Å². The third-order valence-corrected chi connectivity index (χ3v) is 5.21. The largest absolute Gasteiger partial charge is 0.396 e. The van der Waals surface area contributed by atoms with Crippen LogP contribution < -0.4 is 16.4 Å². The number of hydrogen-bond donors (Lipinski definition) is 2. The minimum Gasteiger partial charge on any atom is -0.396 e. The van der Waals surface area contributed by atoms with Crippen LogP contribution in [0.2, 0.25) is 0 Å². The van der Waals surface area contributed by atoms with E-state index < -0.39 is 0 Å². The molecular formula is C24H35N2O2P. The molecule has 1 aromatic rings. The first kappa shape index (κ1) is 24.8. The van der Waals surface area contributed by atoms with E-state index in [0.717, 1.165) is 51.0 Å². The minimum absolute atomic E-state index is 0.0585. The molecule has 1 unspecified atom stereocenters. The van der Waals surface area contributed by atoms with E-state index in [1.54, 1.807) is 0 Å². The highest BCUT2D eigenvalue weighted by Gasteiger charge is 2.05. The average molecular weight is 415 g/mol. The lowest BCUT2D eigenvalue weighted by Crippen LogP contribution is -2.11. The summed E-state index contributed by atoms with van der Waals surface area (Å²) in [5.74, 6) is -0.141. The average Bonchev–Trinajstić information content (AvgIpc) is 2.71. The number of Topliss-reactive ketones (excluding diaryl/α,β-unsaturated/α-hetero) is 1. The number of nitrogens with one attached hydrogen (secondary N) is 1. The van der Waals surface area contributed by atoms with Gasteiger partial charge in [0.05, 0.1) is 5.70 Å². The molecule has 158 valence electrons. The molecular weight excluding hydrogens is 379 g/mol. The number of unbranched alkanes of at least 4 members (excludes halogenated alkanes) is 4. The van der Waals surface area contributed by atoms with E-state index in [1.807, 2.05) is 6.07 Å². The fraction of sp³-hybridized carbons (Fsp3) is 0.417. The van der Waals surface area contributed by atoms with E-state index in [2.05, 4.69) is 58.9 Å². The van der Waals surface area contributed by atoms with Gasteiger partial charge in [-0.15, -0.1) is 9.24 Å². The van der Waals surface area contributed by atoms with Gasteiger partial charge in [-0.05, 0) is 49.0 Å². The van der Waals surface area contributed by atoms with Crippen molar-refractivity contribution < 1.29 is 9.59 Å². The molecule has 0 saturated heterocycles. The van der Waals surface area contributed by atoms with Gasteiger partial charge in [0.2, 0.25) is 0 Å². The van der Waals surface area contributed by atoms with Crippen LogP contribution in [0.25, 0.3) is 5.57 Å². The second-order valence-corrected chi connectivity index (χ2v) is 7.79. The molecule has 0 spiro atoms. The first-order valence-corrected chi connectivity index (χ1v) is 11.0. The van der Waals surface area contributed by atoms with E-state index in [-0.39, 0.29) is 11.5 Å². The molecule has 0 amide bonds. The third kappa shape index (κ3) is 10.2.